The van der Waals surface area contributed by atoms with E-state index in [1.165, 1.54) is 12.8 Å². The average molecular weight is 355 g/mol. The largest absolute Gasteiger partial charge is 0.374 e. The Hall–Kier alpha value is -2.71. The van der Waals surface area contributed by atoms with Gasteiger partial charge in [-0.3, -0.25) is 4.79 Å². The predicted octanol–water partition coefficient (Wildman–Crippen LogP) is 3.86. The highest BCUT2D eigenvalue weighted by Gasteiger charge is 2.16. The fourth-order valence-corrected chi connectivity index (χ4v) is 3.12. The highest BCUT2D eigenvalue weighted by Crippen LogP contribution is 2.31. The summed E-state index contributed by atoms with van der Waals surface area (Å²) in [5.74, 6) is -0.213. The minimum absolute atomic E-state index is 0.0982. The molecule has 1 fully saturated rings. The molecule has 0 atom stereocenters. The van der Waals surface area contributed by atoms with Crippen LogP contribution in [0, 0.1) is 11.3 Å². The second kappa shape index (κ2) is 7.91. The summed E-state index contributed by atoms with van der Waals surface area (Å²) in [5, 5.41) is 15.6. The third-order valence-electron chi connectivity index (χ3n) is 4.17. The predicted molar refractivity (Wildman–Crippen MR) is 101 cm³/mol. The van der Waals surface area contributed by atoms with Gasteiger partial charge in [0.15, 0.2) is 0 Å². The number of carbonyl (C=O) groups is 1. The van der Waals surface area contributed by atoms with Crippen molar-refractivity contribution in [3.8, 4) is 6.07 Å². The van der Waals surface area contributed by atoms with Gasteiger partial charge in [-0.25, -0.2) is 0 Å². The number of para-hydroxylation sites is 1. The first-order valence-corrected chi connectivity index (χ1v) is 8.62. The highest BCUT2D eigenvalue weighted by molar-refractivity contribution is 6.31. The Balaban J connectivity index is 1.68. The van der Waals surface area contributed by atoms with E-state index in [1.807, 2.05) is 18.2 Å². The molecular formula is C19H19ClN4O. The van der Waals surface area contributed by atoms with Crippen LogP contribution in [0.2, 0.25) is 5.02 Å². The van der Waals surface area contributed by atoms with Crippen molar-refractivity contribution in [1.29, 1.82) is 5.26 Å². The highest BCUT2D eigenvalue weighted by atomic mass is 35.5. The number of nitrogens with one attached hydrogen (secondary N) is 2. The molecule has 0 aliphatic carbocycles. The lowest BCUT2D eigenvalue weighted by Gasteiger charge is -2.22. The number of hydrogen-bond acceptors (Lipinski definition) is 4. The lowest BCUT2D eigenvalue weighted by molar-refractivity contribution is -0.114. The zero-order valence-electron chi connectivity index (χ0n) is 13.8. The summed E-state index contributed by atoms with van der Waals surface area (Å²) in [7, 11) is 0. The van der Waals surface area contributed by atoms with Gasteiger partial charge in [-0.15, -0.1) is 0 Å². The Kier molecular flexibility index (Phi) is 5.42. The smallest absolute Gasteiger partial charge is 0.243 e. The summed E-state index contributed by atoms with van der Waals surface area (Å²) in [5.41, 5.74) is 2.87. The molecule has 1 saturated heterocycles. The molecule has 5 nitrogen and oxygen atoms in total. The number of rotatable bonds is 5. The van der Waals surface area contributed by atoms with E-state index in [1.54, 1.807) is 24.3 Å². The van der Waals surface area contributed by atoms with Gasteiger partial charge in [-0.05, 0) is 43.2 Å². The van der Waals surface area contributed by atoms with Crippen LogP contribution in [0.15, 0.2) is 42.5 Å². The van der Waals surface area contributed by atoms with Crippen molar-refractivity contribution in [3.63, 3.8) is 0 Å². The van der Waals surface area contributed by atoms with Gasteiger partial charge in [0.1, 0.15) is 6.07 Å². The normalized spacial score (nSPS) is 13.4. The van der Waals surface area contributed by atoms with Gasteiger partial charge in [0.2, 0.25) is 5.91 Å². The van der Waals surface area contributed by atoms with Crippen molar-refractivity contribution >= 4 is 34.6 Å². The van der Waals surface area contributed by atoms with Crippen molar-refractivity contribution in [2.24, 2.45) is 0 Å². The molecule has 6 heteroatoms. The van der Waals surface area contributed by atoms with E-state index >= 15 is 0 Å². The van der Waals surface area contributed by atoms with Crippen LogP contribution in [-0.2, 0) is 4.79 Å². The first-order chi connectivity index (χ1) is 12.2. The number of hydrogen-bond donors (Lipinski definition) is 2. The summed E-state index contributed by atoms with van der Waals surface area (Å²) in [6.07, 6.45) is 2.35. The second-order valence-electron chi connectivity index (χ2n) is 5.91. The van der Waals surface area contributed by atoms with Gasteiger partial charge in [-0.1, -0.05) is 23.7 Å². The Morgan fingerprint density at radius 3 is 2.68 bits per heavy atom. The van der Waals surface area contributed by atoms with Gasteiger partial charge < -0.3 is 15.5 Å². The molecule has 128 valence electrons. The Bertz CT molecular complexity index is 809. The molecule has 25 heavy (non-hydrogen) atoms. The second-order valence-corrected chi connectivity index (χ2v) is 6.35. The van der Waals surface area contributed by atoms with Crippen LogP contribution in [0.3, 0.4) is 0 Å². The molecular weight excluding hydrogens is 336 g/mol. The van der Waals surface area contributed by atoms with Gasteiger partial charge in [0.05, 0.1) is 29.2 Å². The van der Waals surface area contributed by atoms with Crippen LogP contribution in [0.4, 0.5) is 17.1 Å². The average Bonchev–Trinajstić information content (AvgIpc) is 3.15. The van der Waals surface area contributed by atoms with E-state index in [2.05, 4.69) is 21.6 Å². The first kappa shape index (κ1) is 17.1. The quantitative estimate of drug-likeness (QED) is 0.855. The van der Waals surface area contributed by atoms with Crippen LogP contribution in [0.5, 0.6) is 0 Å². The molecule has 2 N–H and O–H groups in total. The van der Waals surface area contributed by atoms with Crippen molar-refractivity contribution in [3.05, 3.63) is 53.1 Å². The van der Waals surface area contributed by atoms with E-state index in [4.69, 9.17) is 16.9 Å². The van der Waals surface area contributed by atoms with Crippen LogP contribution >= 0.6 is 11.6 Å². The third-order valence-corrected chi connectivity index (χ3v) is 4.40. The lowest BCUT2D eigenvalue weighted by Crippen LogP contribution is -2.24. The standard InChI is InChI=1S/C19H19ClN4O/c20-15-7-8-18(24-9-3-4-10-24)17(11-15)22-13-19(25)23-16-6-2-1-5-14(16)12-21/h1-2,5-8,11,22H,3-4,9-10,13H2,(H,23,25). The molecule has 0 radical (unpaired) electrons. The maximum Gasteiger partial charge on any atom is 0.243 e. The number of benzene rings is 2. The molecule has 0 bridgehead atoms. The van der Waals surface area contributed by atoms with E-state index in [0.29, 0.717) is 16.3 Å². The summed E-state index contributed by atoms with van der Waals surface area (Å²) in [4.78, 5) is 14.5. The Morgan fingerprint density at radius 2 is 1.92 bits per heavy atom. The molecule has 3 rings (SSSR count). The topological polar surface area (TPSA) is 68.2 Å². The number of anilines is 3. The summed E-state index contributed by atoms with van der Waals surface area (Å²) >= 11 is 6.11. The van der Waals surface area contributed by atoms with Gasteiger partial charge in [-0.2, -0.15) is 5.26 Å². The van der Waals surface area contributed by atoms with Crippen LogP contribution < -0.4 is 15.5 Å². The molecule has 1 aliphatic rings. The molecule has 0 aromatic heterocycles. The number of halogens is 1. The molecule has 1 aliphatic heterocycles. The van der Waals surface area contributed by atoms with Crippen molar-refractivity contribution in [2.75, 3.05) is 35.2 Å². The van der Waals surface area contributed by atoms with Crippen molar-refractivity contribution in [1.82, 2.24) is 0 Å². The summed E-state index contributed by atoms with van der Waals surface area (Å²) in [6, 6.07) is 14.7. The number of nitrogens with zero attached hydrogens (tertiary/aromatic N) is 2. The zero-order valence-corrected chi connectivity index (χ0v) is 14.5. The fraction of sp³-hybridized carbons (Fsp3) is 0.263. The Morgan fingerprint density at radius 1 is 1.16 bits per heavy atom. The lowest BCUT2D eigenvalue weighted by atomic mass is 10.2. The van der Waals surface area contributed by atoms with Crippen molar-refractivity contribution < 1.29 is 4.79 Å². The number of carbonyl (C=O) groups excluding carboxylic acids is 1. The molecule has 2 aromatic carbocycles. The minimum atomic E-state index is -0.213. The third kappa shape index (κ3) is 4.23. The first-order valence-electron chi connectivity index (χ1n) is 8.25. The van der Waals surface area contributed by atoms with Gasteiger partial charge in [0, 0.05) is 18.1 Å². The summed E-state index contributed by atoms with van der Waals surface area (Å²) < 4.78 is 0. The van der Waals surface area contributed by atoms with Crippen LogP contribution in [0.25, 0.3) is 0 Å². The minimum Gasteiger partial charge on any atom is -0.374 e. The molecule has 0 unspecified atom stereocenters. The Labute approximate surface area is 152 Å². The molecule has 0 saturated carbocycles. The van der Waals surface area contributed by atoms with Crippen LogP contribution in [-0.4, -0.2) is 25.5 Å². The monoisotopic (exact) mass is 354 g/mol. The zero-order chi connectivity index (χ0) is 17.6. The molecule has 2 aromatic rings. The van der Waals surface area contributed by atoms with E-state index in [0.717, 1.165) is 24.5 Å². The van der Waals surface area contributed by atoms with Crippen molar-refractivity contribution in [2.45, 2.75) is 12.8 Å². The van der Waals surface area contributed by atoms with Crippen LogP contribution in [0.1, 0.15) is 18.4 Å². The number of nitriles is 1. The molecule has 1 heterocycles. The summed E-state index contributed by atoms with van der Waals surface area (Å²) in [6.45, 7) is 2.12. The van der Waals surface area contributed by atoms with E-state index in [-0.39, 0.29) is 12.5 Å². The fourth-order valence-electron chi connectivity index (χ4n) is 2.94. The van der Waals surface area contributed by atoms with Gasteiger partial charge >= 0.3 is 0 Å². The number of amides is 1. The maximum atomic E-state index is 12.2. The molecule has 1 amide bonds. The maximum absolute atomic E-state index is 12.2. The van der Waals surface area contributed by atoms with E-state index < -0.39 is 0 Å². The van der Waals surface area contributed by atoms with Gasteiger partial charge in [0.25, 0.3) is 0 Å². The molecule has 0 spiro atoms. The van der Waals surface area contributed by atoms with E-state index in [9.17, 15) is 4.79 Å². The SMILES string of the molecule is N#Cc1ccccc1NC(=O)CNc1cc(Cl)ccc1N1CCCC1.